The second-order valence-corrected chi connectivity index (χ2v) is 7.71. The zero-order chi connectivity index (χ0) is 16.9. The van der Waals surface area contributed by atoms with Crippen molar-refractivity contribution in [2.75, 3.05) is 11.9 Å². The monoisotopic (exact) mass is 332 g/mol. The fourth-order valence-corrected chi connectivity index (χ4v) is 3.67. The van der Waals surface area contributed by atoms with Crippen LogP contribution in [0, 0.1) is 13.8 Å². The van der Waals surface area contributed by atoms with Gasteiger partial charge in [-0.3, -0.25) is 0 Å². The van der Waals surface area contributed by atoms with E-state index in [1.807, 2.05) is 69.3 Å². The van der Waals surface area contributed by atoms with E-state index in [1.165, 1.54) is 0 Å². The Morgan fingerprint density at radius 1 is 0.957 bits per heavy atom. The van der Waals surface area contributed by atoms with E-state index >= 15 is 0 Å². The maximum atomic E-state index is 12.2. The van der Waals surface area contributed by atoms with Crippen LogP contribution >= 0.6 is 0 Å². The highest BCUT2D eigenvalue weighted by atomic mass is 32.2. The average molecular weight is 332 g/mol. The SMILES string of the molecule is Cc1cccc(C)c1NC(C)CNS(=O)(=O)Cc1ccccc1. The van der Waals surface area contributed by atoms with Gasteiger partial charge < -0.3 is 5.32 Å². The van der Waals surface area contributed by atoms with E-state index in [0.717, 1.165) is 22.4 Å². The summed E-state index contributed by atoms with van der Waals surface area (Å²) in [4.78, 5) is 0. The van der Waals surface area contributed by atoms with Gasteiger partial charge in [-0.25, -0.2) is 13.1 Å². The maximum Gasteiger partial charge on any atom is 0.215 e. The van der Waals surface area contributed by atoms with Crippen LogP contribution in [0.15, 0.2) is 48.5 Å². The molecule has 2 aromatic carbocycles. The first kappa shape index (κ1) is 17.5. The summed E-state index contributed by atoms with van der Waals surface area (Å²) < 4.78 is 27.0. The number of hydrogen-bond donors (Lipinski definition) is 2. The minimum Gasteiger partial charge on any atom is -0.381 e. The van der Waals surface area contributed by atoms with Gasteiger partial charge in [-0.15, -0.1) is 0 Å². The summed E-state index contributed by atoms with van der Waals surface area (Å²) in [6.45, 7) is 6.41. The Hall–Kier alpha value is -1.85. The van der Waals surface area contributed by atoms with Crippen LogP contribution in [0.25, 0.3) is 0 Å². The van der Waals surface area contributed by atoms with Crippen molar-refractivity contribution < 1.29 is 8.42 Å². The van der Waals surface area contributed by atoms with Crippen LogP contribution in [-0.2, 0) is 15.8 Å². The van der Waals surface area contributed by atoms with Crippen molar-refractivity contribution >= 4 is 15.7 Å². The van der Waals surface area contributed by atoms with Crippen LogP contribution < -0.4 is 10.0 Å². The summed E-state index contributed by atoms with van der Waals surface area (Å²) in [6.07, 6.45) is 0. The molecule has 0 fully saturated rings. The Kier molecular flexibility index (Phi) is 5.80. The Labute approximate surface area is 139 Å². The molecule has 0 bridgehead atoms. The molecule has 1 atom stereocenters. The van der Waals surface area contributed by atoms with Crippen molar-refractivity contribution in [3.05, 3.63) is 65.2 Å². The van der Waals surface area contributed by atoms with Gasteiger partial charge in [-0.2, -0.15) is 0 Å². The molecule has 0 aliphatic heterocycles. The van der Waals surface area contributed by atoms with Gasteiger partial charge in [0, 0.05) is 18.3 Å². The largest absolute Gasteiger partial charge is 0.381 e. The summed E-state index contributed by atoms with van der Waals surface area (Å²) in [6, 6.07) is 15.3. The van der Waals surface area contributed by atoms with Gasteiger partial charge in [0.1, 0.15) is 0 Å². The molecule has 0 amide bonds. The van der Waals surface area contributed by atoms with Gasteiger partial charge in [0.15, 0.2) is 0 Å². The van der Waals surface area contributed by atoms with Crippen LogP contribution in [0.1, 0.15) is 23.6 Å². The van der Waals surface area contributed by atoms with Crippen LogP contribution in [-0.4, -0.2) is 21.0 Å². The highest BCUT2D eigenvalue weighted by Gasteiger charge is 2.13. The second kappa shape index (κ2) is 7.62. The lowest BCUT2D eigenvalue weighted by atomic mass is 10.1. The van der Waals surface area contributed by atoms with Gasteiger partial charge >= 0.3 is 0 Å². The molecule has 0 spiro atoms. The molecule has 0 aromatic heterocycles. The minimum absolute atomic E-state index is 0.000323. The standard InChI is InChI=1S/C18H24N2O2S/c1-14-8-7-9-15(2)18(14)20-16(3)12-19-23(21,22)13-17-10-5-4-6-11-17/h4-11,16,19-20H,12-13H2,1-3H3. The van der Waals surface area contributed by atoms with Crippen LogP contribution in [0.2, 0.25) is 0 Å². The normalized spacial score (nSPS) is 12.8. The Bertz CT molecular complexity index is 723. The molecule has 124 valence electrons. The molecule has 0 saturated carbocycles. The number of hydrogen-bond acceptors (Lipinski definition) is 3. The number of benzene rings is 2. The number of nitrogens with one attached hydrogen (secondary N) is 2. The summed E-state index contributed by atoms with van der Waals surface area (Å²) in [5.74, 6) is 0.00392. The van der Waals surface area contributed by atoms with Gasteiger partial charge in [0.05, 0.1) is 5.75 Å². The van der Waals surface area contributed by atoms with Crippen molar-refractivity contribution in [3.8, 4) is 0 Å². The van der Waals surface area contributed by atoms with Crippen molar-refractivity contribution in [3.63, 3.8) is 0 Å². The third kappa shape index (κ3) is 5.37. The molecule has 0 aliphatic rings. The molecule has 2 N–H and O–H groups in total. The van der Waals surface area contributed by atoms with Gasteiger partial charge in [-0.1, -0.05) is 48.5 Å². The first-order valence-electron chi connectivity index (χ1n) is 7.71. The summed E-state index contributed by atoms with van der Waals surface area (Å²) in [5, 5.41) is 3.39. The fourth-order valence-electron chi connectivity index (χ4n) is 2.44. The molecule has 0 heterocycles. The quantitative estimate of drug-likeness (QED) is 0.818. The smallest absolute Gasteiger partial charge is 0.215 e. The first-order valence-corrected chi connectivity index (χ1v) is 9.36. The lowest BCUT2D eigenvalue weighted by molar-refractivity contribution is 0.576. The lowest BCUT2D eigenvalue weighted by Crippen LogP contribution is -2.35. The number of rotatable bonds is 7. The van der Waals surface area contributed by atoms with Gasteiger partial charge in [0.25, 0.3) is 0 Å². The minimum atomic E-state index is -3.33. The molecule has 0 saturated heterocycles. The van der Waals surface area contributed by atoms with Crippen molar-refractivity contribution in [2.24, 2.45) is 0 Å². The number of anilines is 1. The van der Waals surface area contributed by atoms with Crippen LogP contribution in [0.4, 0.5) is 5.69 Å². The number of aryl methyl sites for hydroxylation is 2. The van der Waals surface area contributed by atoms with Gasteiger partial charge in [0.2, 0.25) is 10.0 Å². The Morgan fingerprint density at radius 2 is 1.57 bits per heavy atom. The van der Waals surface area contributed by atoms with E-state index in [4.69, 9.17) is 0 Å². The van der Waals surface area contributed by atoms with Crippen molar-refractivity contribution in [1.29, 1.82) is 0 Å². The number of sulfonamides is 1. The molecule has 0 aliphatic carbocycles. The Morgan fingerprint density at radius 3 is 2.17 bits per heavy atom. The third-order valence-electron chi connectivity index (χ3n) is 3.68. The summed E-state index contributed by atoms with van der Waals surface area (Å²) in [7, 11) is -3.33. The molecule has 5 heteroatoms. The molecule has 1 unspecified atom stereocenters. The van der Waals surface area contributed by atoms with E-state index in [2.05, 4.69) is 10.0 Å². The van der Waals surface area contributed by atoms with Gasteiger partial charge in [-0.05, 0) is 37.5 Å². The highest BCUT2D eigenvalue weighted by molar-refractivity contribution is 7.88. The van der Waals surface area contributed by atoms with Crippen molar-refractivity contribution in [1.82, 2.24) is 4.72 Å². The molecular formula is C18H24N2O2S. The van der Waals surface area contributed by atoms with E-state index < -0.39 is 10.0 Å². The highest BCUT2D eigenvalue weighted by Crippen LogP contribution is 2.20. The fraction of sp³-hybridized carbons (Fsp3) is 0.333. The Balaban J connectivity index is 1.92. The molecular weight excluding hydrogens is 308 g/mol. The molecule has 23 heavy (non-hydrogen) atoms. The second-order valence-electron chi connectivity index (χ2n) is 5.91. The third-order valence-corrected chi connectivity index (χ3v) is 5.00. The molecule has 4 nitrogen and oxygen atoms in total. The van der Waals surface area contributed by atoms with Crippen LogP contribution in [0.3, 0.4) is 0 Å². The summed E-state index contributed by atoms with van der Waals surface area (Å²) in [5.41, 5.74) is 4.17. The topological polar surface area (TPSA) is 58.2 Å². The predicted octanol–water partition coefficient (Wildman–Crippen LogP) is 3.22. The van der Waals surface area contributed by atoms with E-state index in [0.29, 0.717) is 6.54 Å². The van der Waals surface area contributed by atoms with Crippen LogP contribution in [0.5, 0.6) is 0 Å². The maximum absolute atomic E-state index is 12.2. The predicted molar refractivity (Wildman–Crippen MR) is 96.1 cm³/mol. The first-order chi connectivity index (χ1) is 10.9. The molecule has 0 radical (unpaired) electrons. The summed E-state index contributed by atoms with van der Waals surface area (Å²) >= 11 is 0. The van der Waals surface area contributed by atoms with Crippen molar-refractivity contribution in [2.45, 2.75) is 32.6 Å². The van der Waals surface area contributed by atoms with E-state index in [1.54, 1.807) is 0 Å². The average Bonchev–Trinajstić information content (AvgIpc) is 2.50. The zero-order valence-electron chi connectivity index (χ0n) is 13.8. The van der Waals surface area contributed by atoms with E-state index in [9.17, 15) is 8.42 Å². The lowest BCUT2D eigenvalue weighted by Gasteiger charge is -2.19. The number of para-hydroxylation sites is 1. The molecule has 2 aromatic rings. The molecule has 2 rings (SSSR count). The van der Waals surface area contributed by atoms with E-state index in [-0.39, 0.29) is 11.8 Å². The zero-order valence-corrected chi connectivity index (χ0v) is 14.7.